The highest BCUT2D eigenvalue weighted by molar-refractivity contribution is 8.00. The van der Waals surface area contributed by atoms with Crippen LogP contribution < -0.4 is 10.6 Å². The minimum Gasteiger partial charge on any atom is -0.398 e. The van der Waals surface area contributed by atoms with E-state index in [0.29, 0.717) is 16.3 Å². The molecule has 2 N–H and O–H groups in total. The number of rotatable bonds is 5. The number of carbonyl (C=O) groups is 3. The summed E-state index contributed by atoms with van der Waals surface area (Å²) in [5.41, 5.74) is 7.43. The normalized spacial score (nSPS) is 16.2. The lowest BCUT2D eigenvalue weighted by atomic mass is 10.0. The molecular weight excluding hydrogens is 420 g/mol. The summed E-state index contributed by atoms with van der Waals surface area (Å²) in [5.74, 6) is -1.05. The molecule has 4 rings (SSSR count). The molecule has 0 radical (unpaired) electrons. The molecule has 1 saturated heterocycles. The number of hydrogen-bond donors (Lipinski definition) is 1. The van der Waals surface area contributed by atoms with Crippen molar-refractivity contribution in [3.05, 3.63) is 88.9 Å². The van der Waals surface area contributed by atoms with Crippen LogP contribution in [-0.2, 0) is 9.59 Å². The number of nitrogens with two attached hydrogens (primary N) is 1. The van der Waals surface area contributed by atoms with Gasteiger partial charge in [-0.1, -0.05) is 54.1 Å². The molecule has 1 atom stereocenters. The van der Waals surface area contributed by atoms with Gasteiger partial charge in [-0.2, -0.15) is 0 Å². The van der Waals surface area contributed by atoms with Gasteiger partial charge in [-0.25, -0.2) is 4.90 Å². The topological polar surface area (TPSA) is 80.5 Å². The van der Waals surface area contributed by atoms with E-state index < -0.39 is 5.25 Å². The quantitative estimate of drug-likeness (QED) is 0.360. The average Bonchev–Trinajstić information content (AvgIpc) is 3.03. The number of hydrogen-bond acceptors (Lipinski definition) is 5. The van der Waals surface area contributed by atoms with Crippen molar-refractivity contribution in [2.45, 2.75) is 16.6 Å². The Morgan fingerprint density at radius 1 is 1.00 bits per heavy atom. The maximum absolute atomic E-state index is 13.1. The summed E-state index contributed by atoms with van der Waals surface area (Å²) in [6.07, 6.45) is 0.0272. The number of anilines is 2. The summed E-state index contributed by atoms with van der Waals surface area (Å²) >= 11 is 7.38. The molecule has 1 unspecified atom stereocenters. The first-order valence-electron chi connectivity index (χ1n) is 9.23. The van der Waals surface area contributed by atoms with Crippen LogP contribution in [0, 0.1) is 0 Å². The number of para-hydroxylation sites is 1. The SMILES string of the molecule is Nc1ccccc1SC1CC(=O)N(c2ccc(Cl)cc2C(=O)c2ccccc2)C1=O. The van der Waals surface area contributed by atoms with Gasteiger partial charge in [0.05, 0.1) is 10.9 Å². The third kappa shape index (κ3) is 3.84. The summed E-state index contributed by atoms with van der Waals surface area (Å²) in [7, 11) is 0. The lowest BCUT2D eigenvalue weighted by molar-refractivity contribution is -0.121. The minimum atomic E-state index is -0.613. The van der Waals surface area contributed by atoms with Crippen LogP contribution >= 0.6 is 23.4 Å². The minimum absolute atomic E-state index is 0.0272. The van der Waals surface area contributed by atoms with Gasteiger partial charge in [-0.3, -0.25) is 14.4 Å². The number of thioether (sulfide) groups is 1. The molecule has 0 saturated carbocycles. The van der Waals surface area contributed by atoms with E-state index in [4.69, 9.17) is 17.3 Å². The third-order valence-electron chi connectivity index (χ3n) is 4.77. The summed E-state index contributed by atoms with van der Waals surface area (Å²) in [4.78, 5) is 40.8. The molecule has 1 heterocycles. The van der Waals surface area contributed by atoms with Crippen LogP contribution in [0.15, 0.2) is 77.7 Å². The van der Waals surface area contributed by atoms with Gasteiger partial charge in [0.15, 0.2) is 5.78 Å². The Hall–Kier alpha value is -3.09. The lowest BCUT2D eigenvalue weighted by Crippen LogP contribution is -2.32. The van der Waals surface area contributed by atoms with Crippen molar-refractivity contribution in [1.29, 1.82) is 0 Å². The summed E-state index contributed by atoms with van der Waals surface area (Å²) in [6, 6.07) is 20.5. The number of carbonyl (C=O) groups excluding carboxylic acids is 3. The highest BCUT2D eigenvalue weighted by Gasteiger charge is 2.41. The molecule has 2 amide bonds. The van der Waals surface area contributed by atoms with Crippen molar-refractivity contribution in [2.75, 3.05) is 10.6 Å². The van der Waals surface area contributed by atoms with Gasteiger partial charge in [0.1, 0.15) is 0 Å². The van der Waals surface area contributed by atoms with E-state index in [9.17, 15) is 14.4 Å². The average molecular weight is 437 g/mol. The highest BCUT2D eigenvalue weighted by atomic mass is 35.5. The van der Waals surface area contributed by atoms with Gasteiger partial charge in [0.25, 0.3) is 0 Å². The largest absolute Gasteiger partial charge is 0.398 e. The second-order valence-corrected chi connectivity index (χ2v) is 8.45. The fraction of sp³-hybridized carbons (Fsp3) is 0.0870. The van der Waals surface area contributed by atoms with Crippen LogP contribution in [0.25, 0.3) is 0 Å². The van der Waals surface area contributed by atoms with Gasteiger partial charge >= 0.3 is 0 Å². The smallest absolute Gasteiger partial charge is 0.247 e. The van der Waals surface area contributed by atoms with Crippen LogP contribution in [0.2, 0.25) is 5.02 Å². The summed E-state index contributed by atoms with van der Waals surface area (Å²) in [6.45, 7) is 0. The Kier molecular flexibility index (Phi) is 5.61. The number of amides is 2. The van der Waals surface area contributed by atoms with Crippen LogP contribution in [0.5, 0.6) is 0 Å². The van der Waals surface area contributed by atoms with Gasteiger partial charge < -0.3 is 5.73 Å². The number of nitrogen functional groups attached to an aromatic ring is 1. The van der Waals surface area contributed by atoms with E-state index in [0.717, 1.165) is 9.80 Å². The molecule has 1 fully saturated rings. The monoisotopic (exact) mass is 436 g/mol. The zero-order chi connectivity index (χ0) is 21.3. The second-order valence-electron chi connectivity index (χ2n) is 6.77. The molecule has 5 nitrogen and oxygen atoms in total. The van der Waals surface area contributed by atoms with Gasteiger partial charge in [-0.05, 0) is 30.3 Å². The maximum atomic E-state index is 13.1. The molecule has 30 heavy (non-hydrogen) atoms. The Balaban J connectivity index is 1.69. The number of ketones is 1. The van der Waals surface area contributed by atoms with Crippen LogP contribution in [0.4, 0.5) is 11.4 Å². The first-order valence-corrected chi connectivity index (χ1v) is 10.5. The number of nitrogens with zero attached hydrogens (tertiary/aromatic N) is 1. The lowest BCUT2D eigenvalue weighted by Gasteiger charge is -2.19. The van der Waals surface area contributed by atoms with E-state index in [1.54, 1.807) is 42.5 Å². The zero-order valence-corrected chi connectivity index (χ0v) is 17.3. The number of halogens is 1. The molecule has 7 heteroatoms. The predicted octanol–water partition coefficient (Wildman–Crippen LogP) is 4.58. The molecule has 1 aliphatic heterocycles. The highest BCUT2D eigenvalue weighted by Crippen LogP contribution is 2.38. The van der Waals surface area contributed by atoms with Gasteiger partial charge in [0, 0.05) is 33.2 Å². The van der Waals surface area contributed by atoms with Crippen molar-refractivity contribution in [1.82, 2.24) is 0 Å². The molecule has 3 aromatic carbocycles. The van der Waals surface area contributed by atoms with Crippen molar-refractivity contribution in [2.24, 2.45) is 0 Å². The molecular formula is C23H17ClN2O3S. The molecule has 0 spiro atoms. The fourth-order valence-corrected chi connectivity index (χ4v) is 4.59. The van der Waals surface area contributed by atoms with E-state index in [1.165, 1.54) is 23.9 Å². The van der Waals surface area contributed by atoms with Gasteiger partial charge in [-0.15, -0.1) is 11.8 Å². The van der Waals surface area contributed by atoms with Crippen molar-refractivity contribution < 1.29 is 14.4 Å². The first kappa shape index (κ1) is 20.2. The van der Waals surface area contributed by atoms with E-state index in [1.807, 2.05) is 18.2 Å². The molecule has 1 aliphatic rings. The van der Waals surface area contributed by atoms with Crippen LogP contribution in [0.1, 0.15) is 22.3 Å². The zero-order valence-electron chi connectivity index (χ0n) is 15.7. The standard InChI is InChI=1S/C23H17ClN2O3S/c24-15-10-11-18(16(12-15)22(28)14-6-2-1-3-7-14)26-21(27)13-20(23(26)29)30-19-9-5-4-8-17(19)25/h1-12,20H,13,25H2. The molecule has 3 aromatic rings. The third-order valence-corrected chi connectivity index (χ3v) is 6.29. The Morgan fingerprint density at radius 3 is 2.43 bits per heavy atom. The van der Waals surface area contributed by atoms with E-state index >= 15 is 0 Å². The Bertz CT molecular complexity index is 1150. The summed E-state index contributed by atoms with van der Waals surface area (Å²) < 4.78 is 0. The number of imide groups is 1. The van der Waals surface area contributed by atoms with Crippen molar-refractivity contribution >= 4 is 52.3 Å². The first-order chi connectivity index (χ1) is 14.5. The molecule has 0 aliphatic carbocycles. The van der Waals surface area contributed by atoms with Crippen molar-refractivity contribution in [3.63, 3.8) is 0 Å². The second kappa shape index (κ2) is 8.34. The summed E-state index contributed by atoms with van der Waals surface area (Å²) in [5, 5.41) is -0.266. The van der Waals surface area contributed by atoms with Crippen LogP contribution in [-0.4, -0.2) is 22.8 Å². The molecule has 0 bridgehead atoms. The van der Waals surface area contributed by atoms with E-state index in [2.05, 4.69) is 0 Å². The number of benzene rings is 3. The molecule has 150 valence electrons. The van der Waals surface area contributed by atoms with Crippen molar-refractivity contribution in [3.8, 4) is 0 Å². The maximum Gasteiger partial charge on any atom is 0.247 e. The van der Waals surface area contributed by atoms with Gasteiger partial charge in [0.2, 0.25) is 11.8 Å². The predicted molar refractivity (Wildman–Crippen MR) is 119 cm³/mol. The Labute approximate surface area is 182 Å². The Morgan fingerprint density at radius 2 is 1.70 bits per heavy atom. The molecule has 0 aromatic heterocycles. The van der Waals surface area contributed by atoms with Crippen LogP contribution in [0.3, 0.4) is 0 Å². The fourth-order valence-electron chi connectivity index (χ4n) is 3.32. The van der Waals surface area contributed by atoms with E-state index in [-0.39, 0.29) is 35.3 Å².